The zero-order chi connectivity index (χ0) is 17.5. The lowest BCUT2D eigenvalue weighted by Crippen LogP contribution is -2.43. The van der Waals surface area contributed by atoms with Crippen molar-refractivity contribution in [1.82, 2.24) is 10.2 Å². The number of likely N-dealkylation sites (tertiary alicyclic amines) is 1. The number of piperidine rings is 1. The number of halogens is 1. The zero-order valence-corrected chi connectivity index (χ0v) is 16.5. The van der Waals surface area contributed by atoms with Crippen molar-refractivity contribution in [2.24, 2.45) is 5.92 Å². The Bertz CT molecular complexity index is 562. The van der Waals surface area contributed by atoms with Gasteiger partial charge in [0.1, 0.15) is 0 Å². The highest BCUT2D eigenvalue weighted by atomic mass is 35.5. The maximum atomic E-state index is 12.5. The van der Waals surface area contributed by atoms with Gasteiger partial charge < -0.3 is 5.32 Å². The molecular weight excluding hydrogens is 352 g/mol. The van der Waals surface area contributed by atoms with Crippen molar-refractivity contribution in [2.45, 2.75) is 50.3 Å². The number of hydrogen-bond donors (Lipinski definition) is 1. The van der Waals surface area contributed by atoms with E-state index in [1.807, 2.05) is 30.0 Å². The van der Waals surface area contributed by atoms with Crippen molar-refractivity contribution in [3.05, 3.63) is 34.9 Å². The van der Waals surface area contributed by atoms with Crippen LogP contribution in [0.3, 0.4) is 0 Å². The molecule has 3 rings (SSSR count). The molecule has 0 radical (unpaired) electrons. The van der Waals surface area contributed by atoms with Crippen LogP contribution in [-0.2, 0) is 11.3 Å². The van der Waals surface area contributed by atoms with E-state index in [9.17, 15) is 4.79 Å². The molecule has 1 unspecified atom stereocenters. The van der Waals surface area contributed by atoms with Crippen LogP contribution in [0.2, 0.25) is 5.02 Å². The van der Waals surface area contributed by atoms with E-state index in [1.165, 1.54) is 25.7 Å². The molecule has 1 aromatic carbocycles. The highest BCUT2D eigenvalue weighted by Gasteiger charge is 2.26. The first-order valence-corrected chi connectivity index (χ1v) is 11.0. The van der Waals surface area contributed by atoms with Gasteiger partial charge in [-0.05, 0) is 43.9 Å². The minimum Gasteiger partial charge on any atom is -0.355 e. The Morgan fingerprint density at radius 3 is 2.80 bits per heavy atom. The summed E-state index contributed by atoms with van der Waals surface area (Å²) in [6.07, 6.45) is 7.57. The van der Waals surface area contributed by atoms with Crippen LogP contribution >= 0.6 is 23.4 Å². The van der Waals surface area contributed by atoms with Gasteiger partial charge in [-0.3, -0.25) is 9.69 Å². The number of nitrogens with zero attached hydrogens (tertiary/aromatic N) is 1. The predicted octanol–water partition coefficient (Wildman–Crippen LogP) is 4.34. The van der Waals surface area contributed by atoms with Gasteiger partial charge in [-0.25, -0.2) is 0 Å². The maximum Gasteiger partial charge on any atom is 0.224 e. The average molecular weight is 381 g/mol. The summed E-state index contributed by atoms with van der Waals surface area (Å²) in [6, 6.07) is 8.00. The second kappa shape index (κ2) is 9.84. The van der Waals surface area contributed by atoms with Crippen molar-refractivity contribution in [3.8, 4) is 0 Å². The van der Waals surface area contributed by atoms with Crippen molar-refractivity contribution < 1.29 is 4.79 Å². The standard InChI is InChI=1S/C20H29ClN2OS/c21-19-10-4-1-6-16(19)14-23-12-5-7-17(15-23)20(24)22-11-13-25-18-8-2-3-9-18/h1,4,6,10,17-18H,2-3,5,7-9,11-15H2,(H,22,24). The molecule has 1 amide bonds. The van der Waals surface area contributed by atoms with Gasteiger partial charge in [0, 0.05) is 35.7 Å². The summed E-state index contributed by atoms with van der Waals surface area (Å²) in [5.41, 5.74) is 1.15. The van der Waals surface area contributed by atoms with Gasteiger partial charge in [-0.1, -0.05) is 42.6 Å². The van der Waals surface area contributed by atoms with Crippen LogP contribution in [0.25, 0.3) is 0 Å². The Kier molecular flexibility index (Phi) is 7.50. The van der Waals surface area contributed by atoms with Crippen LogP contribution < -0.4 is 5.32 Å². The Morgan fingerprint density at radius 2 is 2.00 bits per heavy atom. The molecule has 1 aromatic rings. The number of hydrogen-bond acceptors (Lipinski definition) is 3. The van der Waals surface area contributed by atoms with Crippen LogP contribution in [0, 0.1) is 5.92 Å². The average Bonchev–Trinajstić information content (AvgIpc) is 3.14. The molecule has 2 aliphatic rings. The molecule has 0 spiro atoms. The Balaban J connectivity index is 1.39. The number of carbonyl (C=O) groups is 1. The van der Waals surface area contributed by atoms with Gasteiger partial charge in [0.2, 0.25) is 5.91 Å². The maximum absolute atomic E-state index is 12.5. The van der Waals surface area contributed by atoms with E-state index in [0.29, 0.717) is 0 Å². The molecule has 0 bridgehead atoms. The van der Waals surface area contributed by atoms with Crippen molar-refractivity contribution >= 4 is 29.3 Å². The minimum absolute atomic E-state index is 0.118. The number of thioether (sulfide) groups is 1. The van der Waals surface area contributed by atoms with Crippen LogP contribution in [0.5, 0.6) is 0 Å². The fourth-order valence-corrected chi connectivity index (χ4v) is 5.30. The molecule has 1 atom stereocenters. The van der Waals surface area contributed by atoms with E-state index in [1.54, 1.807) is 0 Å². The summed E-state index contributed by atoms with van der Waals surface area (Å²) in [5.74, 6) is 1.40. The highest BCUT2D eigenvalue weighted by molar-refractivity contribution is 7.99. The molecule has 5 heteroatoms. The minimum atomic E-state index is 0.118. The Labute approximate surface area is 160 Å². The van der Waals surface area contributed by atoms with Crippen LogP contribution in [0.4, 0.5) is 0 Å². The molecule has 25 heavy (non-hydrogen) atoms. The monoisotopic (exact) mass is 380 g/mol. The first kappa shape index (κ1) is 19.1. The topological polar surface area (TPSA) is 32.3 Å². The summed E-state index contributed by atoms with van der Waals surface area (Å²) in [5, 5.41) is 4.81. The van der Waals surface area contributed by atoms with Crippen molar-refractivity contribution in [2.75, 3.05) is 25.4 Å². The number of amides is 1. The molecule has 138 valence electrons. The van der Waals surface area contributed by atoms with Crippen molar-refractivity contribution in [3.63, 3.8) is 0 Å². The first-order chi connectivity index (χ1) is 12.2. The van der Waals surface area contributed by atoms with E-state index >= 15 is 0 Å². The third-order valence-electron chi connectivity index (χ3n) is 5.29. The van der Waals surface area contributed by atoms with Gasteiger partial charge in [0.05, 0.1) is 5.92 Å². The summed E-state index contributed by atoms with van der Waals surface area (Å²) in [6.45, 7) is 3.53. The van der Waals surface area contributed by atoms with Gasteiger partial charge in [0.15, 0.2) is 0 Å². The fraction of sp³-hybridized carbons (Fsp3) is 0.650. The second-order valence-electron chi connectivity index (χ2n) is 7.23. The van der Waals surface area contributed by atoms with Crippen LogP contribution in [0.15, 0.2) is 24.3 Å². The Hall–Kier alpha value is -0.710. The summed E-state index contributed by atoms with van der Waals surface area (Å²) < 4.78 is 0. The van der Waals surface area contributed by atoms with E-state index in [2.05, 4.69) is 16.3 Å². The largest absolute Gasteiger partial charge is 0.355 e. The third-order valence-corrected chi connectivity index (χ3v) is 7.04. The molecule has 1 saturated carbocycles. The highest BCUT2D eigenvalue weighted by Crippen LogP contribution is 2.29. The normalized spacial score (nSPS) is 22.2. The molecule has 1 aliphatic carbocycles. The van der Waals surface area contributed by atoms with Crippen LogP contribution in [0.1, 0.15) is 44.1 Å². The molecule has 1 N–H and O–H groups in total. The number of benzene rings is 1. The molecule has 2 fully saturated rings. The summed E-state index contributed by atoms with van der Waals surface area (Å²) in [7, 11) is 0. The van der Waals surface area contributed by atoms with E-state index in [0.717, 1.165) is 60.6 Å². The van der Waals surface area contributed by atoms with Crippen molar-refractivity contribution in [1.29, 1.82) is 0 Å². The molecular formula is C20H29ClN2OS. The van der Waals surface area contributed by atoms with E-state index in [4.69, 9.17) is 11.6 Å². The van der Waals surface area contributed by atoms with E-state index in [-0.39, 0.29) is 11.8 Å². The summed E-state index contributed by atoms with van der Waals surface area (Å²) >= 11 is 8.31. The lowest BCUT2D eigenvalue weighted by Gasteiger charge is -2.32. The number of nitrogens with one attached hydrogen (secondary N) is 1. The first-order valence-electron chi connectivity index (χ1n) is 9.57. The predicted molar refractivity (Wildman–Crippen MR) is 107 cm³/mol. The Morgan fingerprint density at radius 1 is 1.20 bits per heavy atom. The lowest BCUT2D eigenvalue weighted by molar-refractivity contribution is -0.126. The van der Waals surface area contributed by atoms with Gasteiger partial charge >= 0.3 is 0 Å². The molecule has 1 aliphatic heterocycles. The zero-order valence-electron chi connectivity index (χ0n) is 14.9. The van der Waals surface area contributed by atoms with Gasteiger partial charge in [-0.2, -0.15) is 11.8 Å². The van der Waals surface area contributed by atoms with Gasteiger partial charge in [-0.15, -0.1) is 0 Å². The third kappa shape index (κ3) is 5.90. The number of rotatable bonds is 7. The molecule has 1 saturated heterocycles. The molecule has 0 aromatic heterocycles. The van der Waals surface area contributed by atoms with Gasteiger partial charge in [0.25, 0.3) is 0 Å². The quantitative estimate of drug-likeness (QED) is 0.714. The SMILES string of the molecule is O=C(NCCSC1CCCC1)C1CCCN(Cc2ccccc2Cl)C1. The smallest absolute Gasteiger partial charge is 0.224 e. The lowest BCUT2D eigenvalue weighted by atomic mass is 9.96. The van der Waals surface area contributed by atoms with E-state index < -0.39 is 0 Å². The second-order valence-corrected chi connectivity index (χ2v) is 9.05. The molecule has 1 heterocycles. The fourth-order valence-electron chi connectivity index (χ4n) is 3.88. The number of carbonyl (C=O) groups excluding carboxylic acids is 1. The molecule has 3 nitrogen and oxygen atoms in total. The summed E-state index contributed by atoms with van der Waals surface area (Å²) in [4.78, 5) is 14.8. The van der Waals surface area contributed by atoms with Crippen LogP contribution in [-0.4, -0.2) is 41.4 Å².